The van der Waals surface area contributed by atoms with E-state index in [1.54, 1.807) is 7.11 Å². The summed E-state index contributed by atoms with van der Waals surface area (Å²) in [6.07, 6.45) is 3.44. The SMILES string of the molecule is COCCN(C)C(=O)C1CC12CCNCC2.Cl. The fraction of sp³-hybridized carbons (Fsp3) is 0.917. The van der Waals surface area contributed by atoms with Gasteiger partial charge < -0.3 is 15.0 Å². The second-order valence-corrected chi connectivity index (χ2v) is 5.12. The molecule has 1 heterocycles. The quantitative estimate of drug-likeness (QED) is 0.819. The first-order chi connectivity index (χ1) is 7.69. The first-order valence-electron chi connectivity index (χ1n) is 6.14. The summed E-state index contributed by atoms with van der Waals surface area (Å²) in [6, 6.07) is 0. The molecule has 1 N–H and O–H groups in total. The zero-order valence-electron chi connectivity index (χ0n) is 10.7. The summed E-state index contributed by atoms with van der Waals surface area (Å²) in [6.45, 7) is 3.49. The van der Waals surface area contributed by atoms with Gasteiger partial charge in [0.25, 0.3) is 0 Å². The second-order valence-electron chi connectivity index (χ2n) is 5.12. The first kappa shape index (κ1) is 14.7. The molecule has 0 aromatic rings. The predicted octanol–water partition coefficient (Wildman–Crippen LogP) is 0.903. The molecule has 0 aromatic carbocycles. The van der Waals surface area contributed by atoms with E-state index in [9.17, 15) is 4.79 Å². The van der Waals surface area contributed by atoms with Crippen LogP contribution in [0, 0.1) is 11.3 Å². The zero-order valence-corrected chi connectivity index (χ0v) is 11.5. The van der Waals surface area contributed by atoms with Crippen LogP contribution in [0.1, 0.15) is 19.3 Å². The summed E-state index contributed by atoms with van der Waals surface area (Å²) in [4.78, 5) is 14.0. The highest BCUT2D eigenvalue weighted by Crippen LogP contribution is 2.59. The van der Waals surface area contributed by atoms with Gasteiger partial charge in [-0.1, -0.05) is 0 Å². The molecule has 1 aliphatic heterocycles. The van der Waals surface area contributed by atoms with Crippen molar-refractivity contribution in [1.29, 1.82) is 0 Å². The van der Waals surface area contributed by atoms with Gasteiger partial charge in [0.1, 0.15) is 0 Å². The largest absolute Gasteiger partial charge is 0.383 e. The third kappa shape index (κ3) is 3.12. The number of carbonyl (C=O) groups excluding carboxylic acids is 1. The maximum absolute atomic E-state index is 12.1. The van der Waals surface area contributed by atoms with Gasteiger partial charge in [-0.25, -0.2) is 0 Å². The molecule has 1 saturated heterocycles. The molecule has 1 saturated carbocycles. The number of hydrogen-bond acceptors (Lipinski definition) is 3. The molecule has 2 aliphatic rings. The van der Waals surface area contributed by atoms with Crippen LogP contribution in [0.5, 0.6) is 0 Å². The van der Waals surface area contributed by atoms with Crippen LogP contribution in [0.4, 0.5) is 0 Å². The molecule has 17 heavy (non-hydrogen) atoms. The predicted molar refractivity (Wildman–Crippen MR) is 69.4 cm³/mol. The number of methoxy groups -OCH3 is 1. The van der Waals surface area contributed by atoms with Crippen LogP contribution < -0.4 is 5.32 Å². The van der Waals surface area contributed by atoms with Crippen LogP contribution >= 0.6 is 12.4 Å². The average Bonchev–Trinajstić information content (AvgIpc) is 2.99. The zero-order chi connectivity index (χ0) is 11.6. The Morgan fingerprint density at radius 1 is 1.47 bits per heavy atom. The summed E-state index contributed by atoms with van der Waals surface area (Å²) in [5.74, 6) is 0.607. The molecule has 0 bridgehead atoms. The Hall–Kier alpha value is -0.320. The summed E-state index contributed by atoms with van der Waals surface area (Å²) < 4.78 is 5.00. The Balaban J connectivity index is 0.00000144. The van der Waals surface area contributed by atoms with Gasteiger partial charge in [0.2, 0.25) is 5.91 Å². The number of piperidine rings is 1. The highest BCUT2D eigenvalue weighted by Gasteiger charge is 2.58. The number of likely N-dealkylation sites (N-methyl/N-ethyl adjacent to an activating group) is 1. The van der Waals surface area contributed by atoms with Crippen molar-refractivity contribution in [3.8, 4) is 0 Å². The third-order valence-electron chi connectivity index (χ3n) is 4.09. The van der Waals surface area contributed by atoms with Crippen molar-refractivity contribution in [2.75, 3.05) is 40.4 Å². The number of nitrogens with zero attached hydrogens (tertiary/aromatic N) is 1. The second kappa shape index (κ2) is 6.03. The van der Waals surface area contributed by atoms with E-state index < -0.39 is 0 Å². The van der Waals surface area contributed by atoms with Gasteiger partial charge in [-0.3, -0.25) is 4.79 Å². The maximum Gasteiger partial charge on any atom is 0.226 e. The van der Waals surface area contributed by atoms with Crippen molar-refractivity contribution >= 4 is 18.3 Å². The Bertz CT molecular complexity index is 267. The Labute approximate surface area is 109 Å². The molecule has 5 heteroatoms. The Morgan fingerprint density at radius 2 is 2.12 bits per heavy atom. The summed E-state index contributed by atoms with van der Waals surface area (Å²) >= 11 is 0. The van der Waals surface area contributed by atoms with E-state index in [4.69, 9.17) is 4.74 Å². The standard InChI is InChI=1S/C12H22N2O2.ClH/c1-14(7-8-16-2)11(15)10-9-12(10)3-5-13-6-4-12;/h10,13H,3-9H2,1-2H3;1H. The minimum Gasteiger partial charge on any atom is -0.383 e. The molecule has 2 fully saturated rings. The minimum absolute atomic E-state index is 0. The van der Waals surface area contributed by atoms with E-state index in [2.05, 4.69) is 5.32 Å². The number of ether oxygens (including phenoxy) is 1. The fourth-order valence-electron chi connectivity index (χ4n) is 2.78. The van der Waals surface area contributed by atoms with Crippen molar-refractivity contribution in [2.45, 2.75) is 19.3 Å². The third-order valence-corrected chi connectivity index (χ3v) is 4.09. The lowest BCUT2D eigenvalue weighted by atomic mass is 9.91. The normalized spacial score (nSPS) is 25.2. The fourth-order valence-corrected chi connectivity index (χ4v) is 2.78. The van der Waals surface area contributed by atoms with Crippen LogP contribution in [0.15, 0.2) is 0 Å². The highest BCUT2D eigenvalue weighted by molar-refractivity contribution is 5.85. The number of carbonyl (C=O) groups is 1. The van der Waals surface area contributed by atoms with Gasteiger partial charge in [-0.05, 0) is 37.8 Å². The molecule has 100 valence electrons. The summed E-state index contributed by atoms with van der Waals surface area (Å²) in [7, 11) is 3.55. The van der Waals surface area contributed by atoms with Crippen molar-refractivity contribution in [3.05, 3.63) is 0 Å². The number of nitrogens with one attached hydrogen (secondary N) is 1. The molecular weight excluding hydrogens is 240 g/mol. The highest BCUT2D eigenvalue weighted by atomic mass is 35.5. The molecular formula is C12H23ClN2O2. The first-order valence-corrected chi connectivity index (χ1v) is 6.14. The smallest absolute Gasteiger partial charge is 0.226 e. The van der Waals surface area contributed by atoms with Crippen molar-refractivity contribution in [2.24, 2.45) is 11.3 Å². The van der Waals surface area contributed by atoms with E-state index in [0.717, 1.165) is 19.5 Å². The van der Waals surface area contributed by atoms with Gasteiger partial charge >= 0.3 is 0 Å². The molecule has 4 nitrogen and oxygen atoms in total. The minimum atomic E-state index is 0. The van der Waals surface area contributed by atoms with Gasteiger partial charge in [0.05, 0.1) is 6.61 Å². The molecule has 1 amide bonds. The molecule has 0 aromatic heterocycles. The van der Waals surface area contributed by atoms with Crippen molar-refractivity contribution < 1.29 is 9.53 Å². The van der Waals surface area contributed by atoms with Gasteiger partial charge in [-0.2, -0.15) is 0 Å². The molecule has 1 unspecified atom stereocenters. The monoisotopic (exact) mass is 262 g/mol. The molecule has 1 aliphatic carbocycles. The molecule has 0 radical (unpaired) electrons. The topological polar surface area (TPSA) is 41.6 Å². The van der Waals surface area contributed by atoms with Crippen LogP contribution in [0.2, 0.25) is 0 Å². The molecule has 1 atom stereocenters. The van der Waals surface area contributed by atoms with E-state index in [0.29, 0.717) is 24.5 Å². The molecule has 1 spiro atoms. The van der Waals surface area contributed by atoms with Crippen LogP contribution in [-0.2, 0) is 9.53 Å². The Kier molecular flexibility index (Phi) is 5.22. The van der Waals surface area contributed by atoms with Crippen LogP contribution in [-0.4, -0.2) is 51.2 Å². The van der Waals surface area contributed by atoms with E-state index >= 15 is 0 Å². The number of amides is 1. The van der Waals surface area contributed by atoms with Crippen molar-refractivity contribution in [1.82, 2.24) is 10.2 Å². The van der Waals surface area contributed by atoms with E-state index in [-0.39, 0.29) is 18.3 Å². The lowest BCUT2D eigenvalue weighted by molar-refractivity contribution is -0.132. The van der Waals surface area contributed by atoms with Crippen LogP contribution in [0.25, 0.3) is 0 Å². The van der Waals surface area contributed by atoms with Gasteiger partial charge in [-0.15, -0.1) is 12.4 Å². The van der Waals surface area contributed by atoms with Gasteiger partial charge in [0, 0.05) is 26.6 Å². The number of halogens is 1. The Morgan fingerprint density at radius 3 is 2.71 bits per heavy atom. The maximum atomic E-state index is 12.1. The van der Waals surface area contributed by atoms with Crippen LogP contribution in [0.3, 0.4) is 0 Å². The number of rotatable bonds is 4. The van der Waals surface area contributed by atoms with E-state index in [1.165, 1.54) is 12.8 Å². The summed E-state index contributed by atoms with van der Waals surface area (Å²) in [5, 5.41) is 3.36. The summed E-state index contributed by atoms with van der Waals surface area (Å²) in [5.41, 5.74) is 0.351. The lowest BCUT2D eigenvalue weighted by Gasteiger charge is -2.25. The number of hydrogen-bond donors (Lipinski definition) is 1. The average molecular weight is 263 g/mol. The lowest BCUT2D eigenvalue weighted by Crippen LogP contribution is -2.35. The van der Waals surface area contributed by atoms with Gasteiger partial charge in [0.15, 0.2) is 0 Å². The molecule has 2 rings (SSSR count). The van der Waals surface area contributed by atoms with Crippen molar-refractivity contribution in [3.63, 3.8) is 0 Å². The van der Waals surface area contributed by atoms with E-state index in [1.807, 2.05) is 11.9 Å².